The van der Waals surface area contributed by atoms with Crippen molar-refractivity contribution in [1.82, 2.24) is 10.3 Å². The molecule has 17 heavy (non-hydrogen) atoms. The Morgan fingerprint density at radius 1 is 1.41 bits per heavy atom. The molecule has 0 radical (unpaired) electrons. The summed E-state index contributed by atoms with van der Waals surface area (Å²) < 4.78 is 0. The van der Waals surface area contributed by atoms with Crippen molar-refractivity contribution in [3.63, 3.8) is 0 Å². The summed E-state index contributed by atoms with van der Waals surface area (Å²) in [5.74, 6) is 2.50. The van der Waals surface area contributed by atoms with Gasteiger partial charge in [-0.3, -0.25) is 4.79 Å². The minimum absolute atomic E-state index is 0.0489. The molecule has 0 aliphatic carbocycles. The molecular weight excluding hydrogens is 212 g/mol. The molecule has 1 aromatic carbocycles. The van der Waals surface area contributed by atoms with Crippen LogP contribution < -0.4 is 5.32 Å². The minimum Gasteiger partial charge on any atom is -0.361 e. The smallest absolute Gasteiger partial charge is 0.251 e. The Hall–Kier alpha value is -2.21. The number of unbranched alkanes of at least 4 members (excludes halogenated alkanes) is 1. The van der Waals surface area contributed by atoms with E-state index in [2.05, 4.69) is 16.2 Å². The van der Waals surface area contributed by atoms with Crippen molar-refractivity contribution in [3.05, 3.63) is 36.0 Å². The molecule has 1 heterocycles. The third-order valence-corrected chi connectivity index (χ3v) is 2.62. The van der Waals surface area contributed by atoms with Crippen molar-refractivity contribution in [2.45, 2.75) is 12.8 Å². The summed E-state index contributed by atoms with van der Waals surface area (Å²) in [6.45, 7) is 0.615. The predicted octanol–water partition coefficient (Wildman–Crippen LogP) is 2.31. The minimum atomic E-state index is -0.0489. The van der Waals surface area contributed by atoms with Crippen molar-refractivity contribution >= 4 is 16.8 Å². The normalized spacial score (nSPS) is 10.1. The van der Waals surface area contributed by atoms with Crippen LogP contribution in [0, 0.1) is 12.3 Å². The number of benzene rings is 1. The van der Waals surface area contributed by atoms with E-state index in [1.54, 1.807) is 0 Å². The van der Waals surface area contributed by atoms with Crippen LogP contribution in [0.25, 0.3) is 10.9 Å². The Bertz CT molecular complexity index is 563. The second-order valence-corrected chi connectivity index (χ2v) is 3.81. The number of carbonyl (C=O) groups excluding carboxylic acids is 1. The summed E-state index contributed by atoms with van der Waals surface area (Å²) in [7, 11) is 0. The highest BCUT2D eigenvalue weighted by Crippen LogP contribution is 2.16. The van der Waals surface area contributed by atoms with Gasteiger partial charge in [-0.25, -0.2) is 0 Å². The van der Waals surface area contributed by atoms with Crippen LogP contribution in [0.4, 0.5) is 0 Å². The van der Waals surface area contributed by atoms with Crippen LogP contribution in [0.2, 0.25) is 0 Å². The molecular formula is C14H14N2O. The van der Waals surface area contributed by atoms with E-state index in [1.807, 2.05) is 30.5 Å². The molecule has 1 amide bonds. The van der Waals surface area contributed by atoms with Crippen LogP contribution in [0.1, 0.15) is 23.2 Å². The molecule has 2 rings (SSSR count). The zero-order chi connectivity index (χ0) is 12.1. The van der Waals surface area contributed by atoms with Gasteiger partial charge in [0.25, 0.3) is 5.91 Å². The van der Waals surface area contributed by atoms with Gasteiger partial charge in [-0.1, -0.05) is 6.07 Å². The maximum atomic E-state index is 11.9. The number of hydrogen-bond donors (Lipinski definition) is 2. The monoisotopic (exact) mass is 226 g/mol. The molecule has 86 valence electrons. The fraction of sp³-hybridized carbons (Fsp3) is 0.214. The lowest BCUT2D eigenvalue weighted by Gasteiger charge is -2.05. The third kappa shape index (κ3) is 2.48. The Balaban J connectivity index is 2.09. The summed E-state index contributed by atoms with van der Waals surface area (Å²) in [5, 5.41) is 3.81. The molecule has 3 heteroatoms. The molecule has 0 unspecified atom stereocenters. The maximum Gasteiger partial charge on any atom is 0.251 e. The van der Waals surface area contributed by atoms with Crippen LogP contribution in [0.5, 0.6) is 0 Å². The summed E-state index contributed by atoms with van der Waals surface area (Å²) in [4.78, 5) is 15.0. The van der Waals surface area contributed by atoms with Crippen LogP contribution in [-0.2, 0) is 0 Å². The van der Waals surface area contributed by atoms with E-state index in [1.165, 1.54) is 0 Å². The van der Waals surface area contributed by atoms with Gasteiger partial charge in [0.05, 0.1) is 0 Å². The molecule has 0 aliphatic rings. The zero-order valence-electron chi connectivity index (χ0n) is 9.49. The molecule has 2 N–H and O–H groups in total. The van der Waals surface area contributed by atoms with Gasteiger partial charge in [0.1, 0.15) is 0 Å². The van der Waals surface area contributed by atoms with Crippen molar-refractivity contribution in [3.8, 4) is 12.3 Å². The number of aromatic amines is 1. The van der Waals surface area contributed by atoms with Gasteiger partial charge in [-0.15, -0.1) is 12.3 Å². The highest BCUT2D eigenvalue weighted by molar-refractivity contribution is 6.06. The first-order valence-corrected chi connectivity index (χ1v) is 5.60. The molecule has 1 aromatic heterocycles. The van der Waals surface area contributed by atoms with Crippen LogP contribution >= 0.6 is 0 Å². The molecule has 0 fully saturated rings. The number of amides is 1. The summed E-state index contributed by atoms with van der Waals surface area (Å²) in [5.41, 5.74) is 1.67. The van der Waals surface area contributed by atoms with Gasteiger partial charge in [-0.05, 0) is 24.6 Å². The zero-order valence-corrected chi connectivity index (χ0v) is 9.49. The van der Waals surface area contributed by atoms with Gasteiger partial charge in [0.15, 0.2) is 0 Å². The van der Waals surface area contributed by atoms with Gasteiger partial charge >= 0.3 is 0 Å². The Kier molecular flexibility index (Phi) is 3.46. The highest BCUT2D eigenvalue weighted by Gasteiger charge is 2.09. The number of rotatable bonds is 4. The number of aromatic nitrogens is 1. The lowest BCUT2D eigenvalue weighted by Crippen LogP contribution is -2.24. The maximum absolute atomic E-state index is 11.9. The quantitative estimate of drug-likeness (QED) is 0.610. The molecule has 0 spiro atoms. The lowest BCUT2D eigenvalue weighted by molar-refractivity contribution is 0.0955. The number of fused-ring (bicyclic) bond motifs is 1. The molecule has 0 bridgehead atoms. The van der Waals surface area contributed by atoms with Gasteiger partial charge in [-0.2, -0.15) is 0 Å². The first-order chi connectivity index (χ1) is 8.33. The molecule has 0 saturated heterocycles. The highest BCUT2D eigenvalue weighted by atomic mass is 16.1. The average Bonchev–Trinajstić information content (AvgIpc) is 2.82. The number of nitrogens with one attached hydrogen (secondary N) is 2. The Morgan fingerprint density at radius 3 is 3.12 bits per heavy atom. The number of hydrogen-bond acceptors (Lipinski definition) is 1. The topological polar surface area (TPSA) is 44.9 Å². The van der Waals surface area contributed by atoms with Crippen molar-refractivity contribution < 1.29 is 4.79 Å². The van der Waals surface area contributed by atoms with E-state index in [-0.39, 0.29) is 5.91 Å². The van der Waals surface area contributed by atoms with E-state index in [0.29, 0.717) is 18.5 Å². The molecule has 0 atom stereocenters. The van der Waals surface area contributed by atoms with E-state index in [0.717, 1.165) is 17.3 Å². The molecule has 0 aliphatic heterocycles. The van der Waals surface area contributed by atoms with Crippen LogP contribution in [0.15, 0.2) is 30.5 Å². The number of carbonyl (C=O) groups is 1. The second-order valence-electron chi connectivity index (χ2n) is 3.81. The largest absolute Gasteiger partial charge is 0.361 e. The SMILES string of the molecule is C#CCCCNC(=O)c1cccc2[nH]ccc12. The summed E-state index contributed by atoms with van der Waals surface area (Å²) in [6, 6.07) is 7.55. The van der Waals surface area contributed by atoms with E-state index in [4.69, 9.17) is 6.42 Å². The standard InChI is InChI=1S/C14H14N2O/c1-2-3-4-9-16-14(17)12-6-5-7-13-11(12)8-10-15-13/h1,5-8,10,15H,3-4,9H2,(H,16,17). The first-order valence-electron chi connectivity index (χ1n) is 5.60. The summed E-state index contributed by atoms with van der Waals surface area (Å²) in [6.07, 6.45) is 8.48. The fourth-order valence-corrected chi connectivity index (χ4v) is 1.77. The van der Waals surface area contributed by atoms with Crippen LogP contribution in [-0.4, -0.2) is 17.4 Å². The van der Waals surface area contributed by atoms with Crippen molar-refractivity contribution in [1.29, 1.82) is 0 Å². The van der Waals surface area contributed by atoms with Gasteiger partial charge in [0.2, 0.25) is 0 Å². The number of terminal acetylenes is 1. The Labute approximate surface area is 100 Å². The lowest BCUT2D eigenvalue weighted by atomic mass is 10.1. The van der Waals surface area contributed by atoms with E-state index >= 15 is 0 Å². The Morgan fingerprint density at radius 2 is 2.29 bits per heavy atom. The van der Waals surface area contributed by atoms with Gasteiger partial charge < -0.3 is 10.3 Å². The van der Waals surface area contributed by atoms with Crippen molar-refractivity contribution in [2.75, 3.05) is 6.54 Å². The average molecular weight is 226 g/mol. The number of H-pyrrole nitrogens is 1. The molecule has 2 aromatic rings. The van der Waals surface area contributed by atoms with Crippen LogP contribution in [0.3, 0.4) is 0 Å². The third-order valence-electron chi connectivity index (χ3n) is 2.62. The predicted molar refractivity (Wildman–Crippen MR) is 68.7 cm³/mol. The molecule has 3 nitrogen and oxygen atoms in total. The van der Waals surface area contributed by atoms with Crippen molar-refractivity contribution in [2.24, 2.45) is 0 Å². The van der Waals surface area contributed by atoms with Gasteiger partial charge in [0, 0.05) is 35.6 Å². The second kappa shape index (κ2) is 5.22. The van der Waals surface area contributed by atoms with E-state index in [9.17, 15) is 4.79 Å². The molecule has 0 saturated carbocycles. The van der Waals surface area contributed by atoms with E-state index < -0.39 is 0 Å². The fourth-order valence-electron chi connectivity index (χ4n) is 1.77. The summed E-state index contributed by atoms with van der Waals surface area (Å²) >= 11 is 0. The first kappa shape index (κ1) is 11.3.